The minimum absolute atomic E-state index is 0.164. The number of nitrogens with two attached hydrogens (primary N) is 1. The highest BCUT2D eigenvalue weighted by molar-refractivity contribution is 6.06. The quantitative estimate of drug-likeness (QED) is 0.374. The third-order valence-corrected chi connectivity index (χ3v) is 5.97. The van der Waals surface area contributed by atoms with E-state index in [2.05, 4.69) is 10.2 Å². The Morgan fingerprint density at radius 3 is 2.57 bits per heavy atom. The van der Waals surface area contributed by atoms with Crippen molar-refractivity contribution < 1.29 is 23.1 Å². The first-order valence-corrected chi connectivity index (χ1v) is 11.5. The van der Waals surface area contributed by atoms with Crippen LogP contribution in [-0.2, 0) is 4.74 Å². The molecule has 180 valence electrons. The van der Waals surface area contributed by atoms with Crippen molar-refractivity contribution >= 4 is 28.3 Å². The molecule has 7 nitrogen and oxygen atoms in total. The fourth-order valence-corrected chi connectivity index (χ4v) is 4.00. The van der Waals surface area contributed by atoms with Crippen molar-refractivity contribution in [3.05, 3.63) is 78.3 Å². The van der Waals surface area contributed by atoms with Gasteiger partial charge in [-0.25, -0.2) is 4.39 Å². The molecule has 1 aromatic heterocycles. The SMILES string of the molecule is Nc1ccc(-c2ccc(F)cc2)cc1NC(=O)c1cc2ccc(OCCN3CCOCC3)cc2o1. The molecule has 1 amide bonds. The van der Waals surface area contributed by atoms with Gasteiger partial charge in [0.2, 0.25) is 0 Å². The maximum atomic E-state index is 13.3. The highest BCUT2D eigenvalue weighted by Crippen LogP contribution is 2.29. The molecular weight excluding hydrogens is 449 g/mol. The van der Waals surface area contributed by atoms with Gasteiger partial charge in [0.25, 0.3) is 5.91 Å². The Balaban J connectivity index is 1.26. The second-order valence-corrected chi connectivity index (χ2v) is 8.38. The van der Waals surface area contributed by atoms with Gasteiger partial charge in [-0.2, -0.15) is 0 Å². The van der Waals surface area contributed by atoms with Crippen LogP contribution >= 0.6 is 0 Å². The molecule has 3 aromatic carbocycles. The molecular formula is C27H26FN3O4. The molecule has 1 aliphatic heterocycles. The molecule has 2 heterocycles. The zero-order valence-corrected chi connectivity index (χ0v) is 19.1. The number of halogens is 1. The van der Waals surface area contributed by atoms with E-state index in [1.807, 2.05) is 18.2 Å². The molecule has 0 unspecified atom stereocenters. The van der Waals surface area contributed by atoms with E-state index in [9.17, 15) is 9.18 Å². The number of carbonyl (C=O) groups is 1. The van der Waals surface area contributed by atoms with E-state index in [0.717, 1.165) is 49.4 Å². The molecule has 0 spiro atoms. The minimum atomic E-state index is -0.418. The fourth-order valence-electron chi connectivity index (χ4n) is 4.00. The van der Waals surface area contributed by atoms with Gasteiger partial charge in [-0.3, -0.25) is 9.69 Å². The second kappa shape index (κ2) is 10.2. The predicted octanol–water partition coefficient (Wildman–Crippen LogP) is 4.78. The molecule has 0 radical (unpaired) electrons. The molecule has 1 saturated heterocycles. The van der Waals surface area contributed by atoms with Gasteiger partial charge in [-0.1, -0.05) is 18.2 Å². The number of amides is 1. The summed E-state index contributed by atoms with van der Waals surface area (Å²) in [6, 6.07) is 18.6. The maximum absolute atomic E-state index is 13.3. The first-order valence-electron chi connectivity index (χ1n) is 11.5. The van der Waals surface area contributed by atoms with E-state index in [1.54, 1.807) is 36.4 Å². The number of morpholine rings is 1. The van der Waals surface area contributed by atoms with E-state index in [-0.39, 0.29) is 11.6 Å². The summed E-state index contributed by atoms with van der Waals surface area (Å²) >= 11 is 0. The minimum Gasteiger partial charge on any atom is -0.492 e. The molecule has 35 heavy (non-hydrogen) atoms. The molecule has 1 fully saturated rings. The smallest absolute Gasteiger partial charge is 0.291 e. The number of carbonyl (C=O) groups excluding carboxylic acids is 1. The summed E-state index contributed by atoms with van der Waals surface area (Å²) in [5.41, 5.74) is 9.12. The van der Waals surface area contributed by atoms with Gasteiger partial charge in [0.05, 0.1) is 24.6 Å². The Kier molecular flexibility index (Phi) is 6.65. The van der Waals surface area contributed by atoms with Crippen molar-refractivity contribution in [1.82, 2.24) is 4.90 Å². The topological polar surface area (TPSA) is 90.0 Å². The summed E-state index contributed by atoms with van der Waals surface area (Å²) in [6.07, 6.45) is 0. The molecule has 1 aliphatic rings. The van der Waals surface area contributed by atoms with Crippen molar-refractivity contribution in [1.29, 1.82) is 0 Å². The number of furan rings is 1. The maximum Gasteiger partial charge on any atom is 0.291 e. The first kappa shape index (κ1) is 22.9. The zero-order valence-electron chi connectivity index (χ0n) is 19.1. The molecule has 3 N–H and O–H groups in total. The lowest BCUT2D eigenvalue weighted by molar-refractivity contribution is 0.0322. The number of nitrogen functional groups attached to an aromatic ring is 1. The van der Waals surface area contributed by atoms with Gasteiger partial charge in [0.15, 0.2) is 5.76 Å². The Morgan fingerprint density at radius 2 is 1.77 bits per heavy atom. The molecule has 4 aromatic rings. The van der Waals surface area contributed by atoms with Crippen molar-refractivity contribution in [2.24, 2.45) is 0 Å². The number of fused-ring (bicyclic) bond motifs is 1. The van der Waals surface area contributed by atoms with Crippen molar-refractivity contribution in [2.75, 3.05) is 50.5 Å². The van der Waals surface area contributed by atoms with Crippen LogP contribution in [0.4, 0.5) is 15.8 Å². The highest BCUT2D eigenvalue weighted by atomic mass is 19.1. The van der Waals surface area contributed by atoms with Crippen LogP contribution in [0.1, 0.15) is 10.6 Å². The van der Waals surface area contributed by atoms with E-state index in [0.29, 0.717) is 29.3 Å². The summed E-state index contributed by atoms with van der Waals surface area (Å²) < 4.78 is 30.3. The lowest BCUT2D eigenvalue weighted by atomic mass is 10.0. The average molecular weight is 476 g/mol. The van der Waals surface area contributed by atoms with Crippen LogP contribution in [0.25, 0.3) is 22.1 Å². The lowest BCUT2D eigenvalue weighted by Crippen LogP contribution is -2.38. The van der Waals surface area contributed by atoms with Gasteiger partial charge >= 0.3 is 0 Å². The number of hydrogen-bond donors (Lipinski definition) is 2. The van der Waals surface area contributed by atoms with E-state index >= 15 is 0 Å². The molecule has 8 heteroatoms. The second-order valence-electron chi connectivity index (χ2n) is 8.38. The van der Waals surface area contributed by atoms with Crippen LogP contribution in [0.2, 0.25) is 0 Å². The number of ether oxygens (including phenoxy) is 2. The lowest BCUT2D eigenvalue weighted by Gasteiger charge is -2.26. The van der Waals surface area contributed by atoms with Crippen LogP contribution in [-0.4, -0.2) is 50.3 Å². The van der Waals surface area contributed by atoms with Gasteiger partial charge in [0, 0.05) is 31.1 Å². The van der Waals surface area contributed by atoms with Crippen LogP contribution in [0, 0.1) is 5.82 Å². The Labute approximate surface area is 202 Å². The monoisotopic (exact) mass is 475 g/mol. The third kappa shape index (κ3) is 5.45. The van der Waals surface area contributed by atoms with E-state index in [1.165, 1.54) is 12.1 Å². The van der Waals surface area contributed by atoms with Crippen LogP contribution < -0.4 is 15.8 Å². The number of anilines is 2. The van der Waals surface area contributed by atoms with E-state index < -0.39 is 5.91 Å². The van der Waals surface area contributed by atoms with Gasteiger partial charge in [-0.15, -0.1) is 0 Å². The number of benzene rings is 3. The molecule has 0 bridgehead atoms. The Morgan fingerprint density at radius 1 is 1.00 bits per heavy atom. The van der Waals surface area contributed by atoms with Crippen LogP contribution in [0.15, 0.2) is 71.1 Å². The van der Waals surface area contributed by atoms with Crippen molar-refractivity contribution in [3.63, 3.8) is 0 Å². The van der Waals surface area contributed by atoms with Crippen molar-refractivity contribution in [2.45, 2.75) is 0 Å². The summed E-state index contributed by atoms with van der Waals surface area (Å²) in [7, 11) is 0. The summed E-state index contributed by atoms with van der Waals surface area (Å²) in [4.78, 5) is 15.2. The first-order chi connectivity index (χ1) is 17.0. The van der Waals surface area contributed by atoms with E-state index in [4.69, 9.17) is 19.6 Å². The number of hydrogen-bond acceptors (Lipinski definition) is 6. The van der Waals surface area contributed by atoms with Gasteiger partial charge in [0.1, 0.15) is 23.8 Å². The Hall–Kier alpha value is -3.88. The Bertz CT molecular complexity index is 1330. The number of nitrogens with one attached hydrogen (secondary N) is 1. The fraction of sp³-hybridized carbons (Fsp3) is 0.222. The molecule has 0 saturated carbocycles. The number of rotatable bonds is 7. The third-order valence-electron chi connectivity index (χ3n) is 5.97. The standard InChI is InChI=1S/C27H26FN3O4/c28-21-5-1-18(2-6-21)19-4-8-23(29)24(15-19)30-27(32)26-16-20-3-7-22(17-25(20)35-26)34-14-11-31-9-12-33-13-10-31/h1-8,15-17H,9-14,29H2,(H,30,32). The molecule has 0 atom stereocenters. The summed E-state index contributed by atoms with van der Waals surface area (Å²) in [5, 5.41) is 3.61. The van der Waals surface area contributed by atoms with Crippen molar-refractivity contribution in [3.8, 4) is 16.9 Å². The summed E-state index contributed by atoms with van der Waals surface area (Å²) in [5.74, 6) is 0.118. The predicted molar refractivity (Wildman–Crippen MR) is 133 cm³/mol. The molecule has 0 aliphatic carbocycles. The average Bonchev–Trinajstić information content (AvgIpc) is 3.30. The number of nitrogens with zero attached hydrogens (tertiary/aromatic N) is 1. The molecule has 5 rings (SSSR count). The zero-order chi connectivity index (χ0) is 24.2. The van der Waals surface area contributed by atoms with Crippen LogP contribution in [0.3, 0.4) is 0 Å². The highest BCUT2D eigenvalue weighted by Gasteiger charge is 2.15. The summed E-state index contributed by atoms with van der Waals surface area (Å²) in [6.45, 7) is 4.72. The largest absolute Gasteiger partial charge is 0.492 e. The normalized spacial score (nSPS) is 14.2. The van der Waals surface area contributed by atoms with Gasteiger partial charge in [-0.05, 0) is 53.6 Å². The van der Waals surface area contributed by atoms with Crippen LogP contribution in [0.5, 0.6) is 5.75 Å². The van der Waals surface area contributed by atoms with Gasteiger partial charge < -0.3 is 24.9 Å².